The molecule has 17 heavy (non-hydrogen) atoms. The molecule has 1 unspecified atom stereocenters. The maximum atomic E-state index is 6.22. The molecule has 2 rings (SSSR count). The largest absolute Gasteiger partial charge is 0.324 e. The van der Waals surface area contributed by atoms with Gasteiger partial charge in [0.1, 0.15) is 0 Å². The van der Waals surface area contributed by atoms with Crippen LogP contribution in [0.2, 0.25) is 0 Å². The molecule has 1 heterocycles. The molecule has 1 aromatic heterocycles. The number of aromatic nitrogens is 2. The van der Waals surface area contributed by atoms with Crippen molar-refractivity contribution in [3.63, 3.8) is 0 Å². The van der Waals surface area contributed by atoms with Crippen molar-refractivity contribution in [3.05, 3.63) is 51.8 Å². The van der Waals surface area contributed by atoms with Crippen molar-refractivity contribution in [2.75, 3.05) is 0 Å². The van der Waals surface area contributed by atoms with Crippen LogP contribution in [0.15, 0.2) is 35.1 Å². The van der Waals surface area contributed by atoms with Crippen LogP contribution in [-0.4, -0.2) is 9.78 Å². The molecule has 1 aromatic carbocycles. The molecule has 0 aliphatic carbocycles. The molecule has 2 aromatic rings. The number of rotatable bonds is 3. The minimum absolute atomic E-state index is 0.00539. The van der Waals surface area contributed by atoms with Gasteiger partial charge in [-0.2, -0.15) is 5.10 Å². The molecule has 3 nitrogen and oxygen atoms in total. The lowest BCUT2D eigenvalue weighted by Crippen LogP contribution is -2.13. The number of aryl methyl sites for hydroxylation is 2. The van der Waals surface area contributed by atoms with E-state index in [9.17, 15) is 0 Å². The van der Waals surface area contributed by atoms with Gasteiger partial charge < -0.3 is 5.73 Å². The van der Waals surface area contributed by atoms with E-state index in [1.165, 1.54) is 5.56 Å². The second kappa shape index (κ2) is 5.02. The minimum atomic E-state index is -0.00539. The first-order chi connectivity index (χ1) is 8.06. The molecular formula is C13H16BrN3. The molecule has 0 saturated carbocycles. The van der Waals surface area contributed by atoms with Crippen LogP contribution in [-0.2, 0) is 13.5 Å². The summed E-state index contributed by atoms with van der Waals surface area (Å²) in [5.74, 6) is 0. The molecule has 0 aliphatic rings. The van der Waals surface area contributed by atoms with Crippen molar-refractivity contribution in [2.45, 2.75) is 19.4 Å². The van der Waals surface area contributed by atoms with Gasteiger partial charge in [0.15, 0.2) is 0 Å². The van der Waals surface area contributed by atoms with Gasteiger partial charge in [-0.05, 0) is 36.1 Å². The van der Waals surface area contributed by atoms with E-state index >= 15 is 0 Å². The van der Waals surface area contributed by atoms with E-state index < -0.39 is 0 Å². The van der Waals surface area contributed by atoms with Gasteiger partial charge in [-0.1, -0.05) is 28.1 Å². The summed E-state index contributed by atoms with van der Waals surface area (Å²) < 4.78 is 2.88. The molecule has 0 bridgehead atoms. The summed E-state index contributed by atoms with van der Waals surface area (Å²) in [7, 11) is 1.91. The highest BCUT2D eigenvalue weighted by Crippen LogP contribution is 2.25. The molecule has 0 spiro atoms. The smallest absolute Gasteiger partial charge is 0.0522 e. The Morgan fingerprint density at radius 3 is 2.82 bits per heavy atom. The number of benzene rings is 1. The second-order valence-corrected chi connectivity index (χ2v) is 5.21. The Balaban J connectivity index is 2.17. The van der Waals surface area contributed by atoms with Crippen LogP contribution in [0.25, 0.3) is 0 Å². The van der Waals surface area contributed by atoms with Crippen molar-refractivity contribution >= 4 is 15.9 Å². The third-order valence-electron chi connectivity index (χ3n) is 2.77. The fraction of sp³-hybridized carbons (Fsp3) is 0.308. The second-order valence-electron chi connectivity index (χ2n) is 4.36. The Morgan fingerprint density at radius 1 is 1.47 bits per heavy atom. The van der Waals surface area contributed by atoms with Gasteiger partial charge in [-0.15, -0.1) is 0 Å². The first-order valence-corrected chi connectivity index (χ1v) is 6.34. The summed E-state index contributed by atoms with van der Waals surface area (Å²) in [5, 5.41) is 4.15. The zero-order valence-electron chi connectivity index (χ0n) is 10.0. The van der Waals surface area contributed by atoms with E-state index in [0.717, 1.165) is 22.0 Å². The van der Waals surface area contributed by atoms with E-state index in [0.29, 0.717) is 0 Å². The number of nitrogens with zero attached hydrogens (tertiary/aromatic N) is 2. The summed E-state index contributed by atoms with van der Waals surface area (Å²) in [6, 6.07) is 6.26. The Hall–Kier alpha value is -1.13. The number of hydrogen-bond donors (Lipinski definition) is 1. The third-order valence-corrected chi connectivity index (χ3v) is 3.46. The Labute approximate surface area is 110 Å². The van der Waals surface area contributed by atoms with Gasteiger partial charge in [-0.25, -0.2) is 0 Å². The molecule has 1 atom stereocenters. The predicted molar refractivity (Wildman–Crippen MR) is 72.7 cm³/mol. The van der Waals surface area contributed by atoms with Gasteiger partial charge in [0, 0.05) is 23.8 Å². The lowest BCUT2D eigenvalue weighted by molar-refractivity contribution is 0.715. The molecule has 0 radical (unpaired) electrons. The van der Waals surface area contributed by atoms with Gasteiger partial charge in [0.2, 0.25) is 0 Å². The summed E-state index contributed by atoms with van der Waals surface area (Å²) in [6.07, 6.45) is 4.67. The monoisotopic (exact) mass is 293 g/mol. The average molecular weight is 294 g/mol. The lowest BCUT2D eigenvalue weighted by atomic mass is 10.0. The van der Waals surface area contributed by atoms with Gasteiger partial charge in [-0.3, -0.25) is 4.68 Å². The normalized spacial score (nSPS) is 12.7. The number of nitrogens with two attached hydrogens (primary N) is 1. The third kappa shape index (κ3) is 2.96. The average Bonchev–Trinajstić information content (AvgIpc) is 2.63. The highest BCUT2D eigenvalue weighted by Gasteiger charge is 2.11. The predicted octanol–water partition coefficient (Wildman–Crippen LogP) is 2.73. The number of hydrogen-bond acceptors (Lipinski definition) is 2. The lowest BCUT2D eigenvalue weighted by Gasteiger charge is -2.13. The van der Waals surface area contributed by atoms with Crippen LogP contribution in [0.1, 0.15) is 22.7 Å². The van der Waals surface area contributed by atoms with Gasteiger partial charge in [0.25, 0.3) is 0 Å². The molecule has 0 fully saturated rings. The maximum absolute atomic E-state index is 6.22. The standard InChI is InChI=1S/C13H16BrN3/c1-9-3-4-11(12(14)5-9)13(15)6-10-7-16-17(2)8-10/h3-5,7-8,13H,6,15H2,1-2H3. The van der Waals surface area contributed by atoms with Crippen LogP contribution in [0.4, 0.5) is 0 Å². The van der Waals surface area contributed by atoms with E-state index in [4.69, 9.17) is 5.73 Å². The first-order valence-electron chi connectivity index (χ1n) is 5.55. The van der Waals surface area contributed by atoms with E-state index in [1.807, 2.05) is 19.4 Å². The summed E-state index contributed by atoms with van der Waals surface area (Å²) in [4.78, 5) is 0. The highest BCUT2D eigenvalue weighted by atomic mass is 79.9. The first kappa shape index (κ1) is 12.3. The fourth-order valence-electron chi connectivity index (χ4n) is 1.87. The van der Waals surface area contributed by atoms with Gasteiger partial charge >= 0.3 is 0 Å². The van der Waals surface area contributed by atoms with E-state index in [1.54, 1.807) is 4.68 Å². The van der Waals surface area contributed by atoms with Crippen LogP contribution in [0.3, 0.4) is 0 Å². The summed E-state index contributed by atoms with van der Waals surface area (Å²) in [5.41, 5.74) is 9.75. The highest BCUT2D eigenvalue weighted by molar-refractivity contribution is 9.10. The Kier molecular flexibility index (Phi) is 3.64. The summed E-state index contributed by atoms with van der Waals surface area (Å²) in [6.45, 7) is 2.07. The molecule has 90 valence electrons. The zero-order chi connectivity index (χ0) is 12.4. The van der Waals surface area contributed by atoms with Crippen LogP contribution >= 0.6 is 15.9 Å². The van der Waals surface area contributed by atoms with E-state index in [-0.39, 0.29) is 6.04 Å². The van der Waals surface area contributed by atoms with Crippen LogP contribution in [0.5, 0.6) is 0 Å². The zero-order valence-corrected chi connectivity index (χ0v) is 11.6. The minimum Gasteiger partial charge on any atom is -0.324 e. The van der Waals surface area contributed by atoms with Crippen LogP contribution < -0.4 is 5.73 Å². The molecule has 0 aliphatic heterocycles. The van der Waals surface area contributed by atoms with Crippen molar-refractivity contribution < 1.29 is 0 Å². The molecular weight excluding hydrogens is 278 g/mol. The Bertz CT molecular complexity index is 519. The molecule has 2 N–H and O–H groups in total. The van der Waals surface area contributed by atoms with Crippen molar-refractivity contribution in [3.8, 4) is 0 Å². The topological polar surface area (TPSA) is 43.8 Å². The van der Waals surface area contributed by atoms with Crippen molar-refractivity contribution in [2.24, 2.45) is 12.8 Å². The summed E-state index contributed by atoms with van der Waals surface area (Å²) >= 11 is 3.57. The SMILES string of the molecule is Cc1ccc(C(N)Cc2cnn(C)c2)c(Br)c1. The van der Waals surface area contributed by atoms with E-state index in [2.05, 4.69) is 46.2 Å². The number of halogens is 1. The van der Waals surface area contributed by atoms with Crippen molar-refractivity contribution in [1.29, 1.82) is 0 Å². The maximum Gasteiger partial charge on any atom is 0.0522 e. The molecule has 0 amide bonds. The van der Waals surface area contributed by atoms with Gasteiger partial charge in [0.05, 0.1) is 6.20 Å². The quantitative estimate of drug-likeness (QED) is 0.946. The fourth-order valence-corrected chi connectivity index (χ4v) is 2.66. The van der Waals surface area contributed by atoms with Crippen LogP contribution in [0, 0.1) is 6.92 Å². The van der Waals surface area contributed by atoms with Crippen molar-refractivity contribution in [1.82, 2.24) is 9.78 Å². The molecule has 4 heteroatoms. The molecule has 0 saturated heterocycles. The Morgan fingerprint density at radius 2 is 2.24 bits per heavy atom.